The van der Waals surface area contributed by atoms with Crippen LogP contribution in [-0.2, 0) is 9.53 Å². The summed E-state index contributed by atoms with van der Waals surface area (Å²) in [5.74, 6) is 1.36. The molecule has 2 amide bonds. The van der Waals surface area contributed by atoms with Crippen molar-refractivity contribution >= 4 is 11.8 Å². The fourth-order valence-corrected chi connectivity index (χ4v) is 3.82. The molecule has 2 saturated heterocycles. The Bertz CT molecular complexity index is 638. The van der Waals surface area contributed by atoms with Crippen LogP contribution in [0, 0.1) is 23.7 Å². The number of hydrogen-bond donors (Lipinski definition) is 1. The van der Waals surface area contributed by atoms with Gasteiger partial charge >= 0.3 is 0 Å². The van der Waals surface area contributed by atoms with Gasteiger partial charge < -0.3 is 15.0 Å². The highest BCUT2D eigenvalue weighted by Gasteiger charge is 2.49. The maximum absolute atomic E-state index is 12.4. The fraction of sp³-hybridized carbons (Fsp3) is 0.647. The molecule has 24 heavy (non-hydrogen) atoms. The van der Waals surface area contributed by atoms with Crippen LogP contribution >= 0.6 is 0 Å². The Balaban J connectivity index is 1.31. The van der Waals surface area contributed by atoms with Crippen molar-refractivity contribution in [2.24, 2.45) is 23.7 Å². The molecule has 7 nitrogen and oxygen atoms in total. The highest BCUT2D eigenvalue weighted by atomic mass is 16.5. The number of nitrogens with zero attached hydrogens (tertiary/aromatic N) is 3. The van der Waals surface area contributed by atoms with Crippen LogP contribution in [0.1, 0.15) is 23.8 Å². The minimum Gasteiger partial charge on any atom is -0.376 e. The SMILES string of the molecule is CC1CC1C(=O)N1C[C@@H]2[C@H](CNC(=O)c3cnccn3)CO[C@@H]2C1. The van der Waals surface area contributed by atoms with Crippen LogP contribution in [-0.4, -0.2) is 59.0 Å². The van der Waals surface area contributed by atoms with Gasteiger partial charge in [0.25, 0.3) is 5.91 Å². The number of amides is 2. The first-order chi connectivity index (χ1) is 11.6. The van der Waals surface area contributed by atoms with Crippen molar-refractivity contribution in [3.05, 3.63) is 24.3 Å². The normalized spacial score (nSPS) is 34.0. The van der Waals surface area contributed by atoms with Crippen LogP contribution in [0.15, 0.2) is 18.6 Å². The van der Waals surface area contributed by atoms with Crippen molar-refractivity contribution in [2.45, 2.75) is 19.4 Å². The lowest BCUT2D eigenvalue weighted by Crippen LogP contribution is -2.36. The van der Waals surface area contributed by atoms with Crippen molar-refractivity contribution in [1.29, 1.82) is 0 Å². The summed E-state index contributed by atoms with van der Waals surface area (Å²) in [4.78, 5) is 34.3. The van der Waals surface area contributed by atoms with E-state index in [2.05, 4.69) is 22.2 Å². The summed E-state index contributed by atoms with van der Waals surface area (Å²) in [5, 5.41) is 2.91. The van der Waals surface area contributed by atoms with E-state index in [-0.39, 0.29) is 29.8 Å². The number of fused-ring (bicyclic) bond motifs is 1. The quantitative estimate of drug-likeness (QED) is 0.860. The number of ether oxygens (including phenoxy) is 1. The van der Waals surface area contributed by atoms with Crippen molar-refractivity contribution in [3.8, 4) is 0 Å². The number of carbonyl (C=O) groups excluding carboxylic acids is 2. The Hall–Kier alpha value is -2.02. The van der Waals surface area contributed by atoms with E-state index in [1.54, 1.807) is 0 Å². The van der Waals surface area contributed by atoms with Crippen LogP contribution in [0.3, 0.4) is 0 Å². The first kappa shape index (κ1) is 15.5. The first-order valence-corrected chi connectivity index (χ1v) is 8.58. The van der Waals surface area contributed by atoms with Gasteiger partial charge in [-0.2, -0.15) is 0 Å². The molecule has 3 heterocycles. The van der Waals surface area contributed by atoms with Gasteiger partial charge in [-0.05, 0) is 12.3 Å². The summed E-state index contributed by atoms with van der Waals surface area (Å²) in [7, 11) is 0. The molecule has 5 atom stereocenters. The van der Waals surface area contributed by atoms with E-state index in [4.69, 9.17) is 4.74 Å². The molecule has 4 rings (SSSR count). The number of aromatic nitrogens is 2. The molecular weight excluding hydrogens is 308 g/mol. The lowest BCUT2D eigenvalue weighted by molar-refractivity contribution is -0.132. The third-order valence-corrected chi connectivity index (χ3v) is 5.50. The predicted octanol–water partition coefficient (Wildman–Crippen LogP) is 0.336. The Labute approximate surface area is 140 Å². The molecule has 1 N–H and O–H groups in total. The number of nitrogens with one attached hydrogen (secondary N) is 1. The number of likely N-dealkylation sites (tertiary alicyclic amines) is 1. The molecule has 0 spiro atoms. The lowest BCUT2D eigenvalue weighted by atomic mass is 9.93. The number of carbonyl (C=O) groups is 2. The fourth-order valence-electron chi connectivity index (χ4n) is 3.82. The van der Waals surface area contributed by atoms with E-state index in [0.29, 0.717) is 37.2 Å². The summed E-state index contributed by atoms with van der Waals surface area (Å²) >= 11 is 0. The minimum absolute atomic E-state index is 0.112. The highest BCUT2D eigenvalue weighted by molar-refractivity contribution is 5.91. The van der Waals surface area contributed by atoms with Gasteiger partial charge in [0, 0.05) is 49.8 Å². The van der Waals surface area contributed by atoms with Gasteiger partial charge in [0.1, 0.15) is 5.69 Å². The summed E-state index contributed by atoms with van der Waals surface area (Å²) in [6, 6.07) is 0. The second-order valence-electron chi connectivity index (χ2n) is 7.16. The minimum atomic E-state index is -0.218. The van der Waals surface area contributed by atoms with E-state index in [0.717, 1.165) is 13.0 Å². The zero-order valence-electron chi connectivity index (χ0n) is 13.7. The largest absolute Gasteiger partial charge is 0.376 e. The molecule has 2 aliphatic heterocycles. The van der Waals surface area contributed by atoms with Crippen molar-refractivity contribution in [1.82, 2.24) is 20.2 Å². The van der Waals surface area contributed by atoms with Gasteiger partial charge in [-0.25, -0.2) is 4.98 Å². The molecule has 3 aliphatic rings. The van der Waals surface area contributed by atoms with E-state index in [1.807, 2.05) is 4.90 Å². The molecule has 1 aromatic rings. The summed E-state index contributed by atoms with van der Waals surface area (Å²) < 4.78 is 5.86. The molecular formula is C17H22N4O3. The van der Waals surface area contributed by atoms with Gasteiger partial charge in [-0.1, -0.05) is 6.92 Å². The molecule has 2 unspecified atom stereocenters. The van der Waals surface area contributed by atoms with E-state index < -0.39 is 0 Å². The van der Waals surface area contributed by atoms with E-state index >= 15 is 0 Å². The van der Waals surface area contributed by atoms with Gasteiger partial charge in [0.2, 0.25) is 5.91 Å². The Morgan fingerprint density at radius 3 is 2.92 bits per heavy atom. The first-order valence-electron chi connectivity index (χ1n) is 8.58. The van der Waals surface area contributed by atoms with Crippen LogP contribution < -0.4 is 5.32 Å². The number of rotatable bonds is 4. The monoisotopic (exact) mass is 330 g/mol. The zero-order valence-corrected chi connectivity index (χ0v) is 13.7. The second-order valence-corrected chi connectivity index (χ2v) is 7.16. The molecule has 0 aromatic carbocycles. The van der Waals surface area contributed by atoms with E-state index in [1.165, 1.54) is 18.6 Å². The number of hydrogen-bond acceptors (Lipinski definition) is 5. The maximum Gasteiger partial charge on any atom is 0.271 e. The summed E-state index contributed by atoms with van der Waals surface area (Å²) in [6.45, 7) is 4.75. The van der Waals surface area contributed by atoms with Gasteiger partial charge in [-0.15, -0.1) is 0 Å². The van der Waals surface area contributed by atoms with Crippen molar-refractivity contribution in [3.63, 3.8) is 0 Å². The molecule has 1 saturated carbocycles. The highest BCUT2D eigenvalue weighted by Crippen LogP contribution is 2.41. The molecule has 1 aromatic heterocycles. The Morgan fingerprint density at radius 2 is 2.21 bits per heavy atom. The van der Waals surface area contributed by atoms with Gasteiger partial charge in [0.05, 0.1) is 18.9 Å². The van der Waals surface area contributed by atoms with Crippen LogP contribution in [0.25, 0.3) is 0 Å². The molecule has 0 radical (unpaired) electrons. The third-order valence-electron chi connectivity index (χ3n) is 5.50. The zero-order chi connectivity index (χ0) is 16.7. The Morgan fingerprint density at radius 1 is 1.38 bits per heavy atom. The average molecular weight is 330 g/mol. The third kappa shape index (κ3) is 2.88. The molecule has 3 fully saturated rings. The smallest absolute Gasteiger partial charge is 0.271 e. The van der Waals surface area contributed by atoms with E-state index in [9.17, 15) is 9.59 Å². The standard InChI is InChI=1S/C17H22N4O3/c1-10-4-12(10)17(23)21-7-13-11(9-24-15(13)8-21)5-20-16(22)14-6-18-2-3-19-14/h2-3,6,10-13,15H,4-5,7-9H2,1H3,(H,20,22)/t10?,11-,12?,13-,15-/m1/s1. The maximum atomic E-state index is 12.4. The van der Waals surface area contributed by atoms with Gasteiger partial charge in [0.15, 0.2) is 0 Å². The van der Waals surface area contributed by atoms with Crippen molar-refractivity contribution in [2.75, 3.05) is 26.2 Å². The molecule has 1 aliphatic carbocycles. The van der Waals surface area contributed by atoms with Crippen LogP contribution in [0.4, 0.5) is 0 Å². The molecule has 7 heteroatoms. The Kier molecular flexibility index (Phi) is 3.96. The van der Waals surface area contributed by atoms with Crippen LogP contribution in [0.5, 0.6) is 0 Å². The molecule has 0 bridgehead atoms. The predicted molar refractivity (Wildman–Crippen MR) is 84.9 cm³/mol. The average Bonchev–Trinajstić information content (AvgIpc) is 3.02. The summed E-state index contributed by atoms with van der Waals surface area (Å²) in [6.07, 6.45) is 5.63. The summed E-state index contributed by atoms with van der Waals surface area (Å²) in [5.41, 5.74) is 0.318. The van der Waals surface area contributed by atoms with Crippen LogP contribution in [0.2, 0.25) is 0 Å². The van der Waals surface area contributed by atoms with Crippen molar-refractivity contribution < 1.29 is 14.3 Å². The topological polar surface area (TPSA) is 84.4 Å². The second kappa shape index (κ2) is 6.12. The van der Waals surface area contributed by atoms with Gasteiger partial charge in [-0.3, -0.25) is 14.6 Å². The lowest BCUT2D eigenvalue weighted by Gasteiger charge is -2.20. The molecule has 128 valence electrons.